The van der Waals surface area contributed by atoms with Crippen LogP contribution in [0.25, 0.3) is 0 Å². The summed E-state index contributed by atoms with van der Waals surface area (Å²) in [6, 6.07) is 13.7. The third-order valence-corrected chi connectivity index (χ3v) is 5.08. The summed E-state index contributed by atoms with van der Waals surface area (Å²) >= 11 is 0. The molecular weight excluding hydrogens is 306 g/mol. The van der Waals surface area contributed by atoms with E-state index in [0.29, 0.717) is 12.5 Å². The van der Waals surface area contributed by atoms with Gasteiger partial charge in [0.1, 0.15) is 11.6 Å². The molecule has 3 rings (SSSR count). The smallest absolute Gasteiger partial charge is 0.126 e. The Morgan fingerprint density at radius 2 is 1.67 bits per heavy atom. The number of likely N-dealkylation sites (tertiary alicyclic amines) is 1. The lowest BCUT2D eigenvalue weighted by Gasteiger charge is -2.36. The van der Waals surface area contributed by atoms with E-state index in [1.54, 1.807) is 6.07 Å². The molecular formula is C20H24F2N2. The Morgan fingerprint density at radius 1 is 1.00 bits per heavy atom. The zero-order valence-corrected chi connectivity index (χ0v) is 13.8. The molecule has 0 amide bonds. The molecule has 1 heterocycles. The van der Waals surface area contributed by atoms with Crippen molar-refractivity contribution in [1.82, 2.24) is 4.90 Å². The number of hydrogen-bond acceptors (Lipinski definition) is 2. The summed E-state index contributed by atoms with van der Waals surface area (Å²) in [5, 5.41) is 0. The summed E-state index contributed by atoms with van der Waals surface area (Å²) in [6.45, 7) is 3.24. The number of rotatable bonds is 5. The summed E-state index contributed by atoms with van der Waals surface area (Å²) < 4.78 is 27.1. The van der Waals surface area contributed by atoms with E-state index in [1.807, 2.05) is 24.3 Å². The minimum atomic E-state index is -0.201. The Hall–Kier alpha value is -1.78. The molecule has 1 aliphatic heterocycles. The van der Waals surface area contributed by atoms with Gasteiger partial charge in [0.05, 0.1) is 0 Å². The molecule has 0 radical (unpaired) electrons. The molecule has 24 heavy (non-hydrogen) atoms. The first-order valence-electron chi connectivity index (χ1n) is 8.58. The van der Waals surface area contributed by atoms with Gasteiger partial charge in [-0.15, -0.1) is 0 Å². The number of benzene rings is 2. The zero-order valence-electron chi connectivity index (χ0n) is 13.8. The van der Waals surface area contributed by atoms with Gasteiger partial charge in [-0.1, -0.05) is 30.3 Å². The molecule has 0 spiro atoms. The molecule has 1 saturated heterocycles. The summed E-state index contributed by atoms with van der Waals surface area (Å²) in [5.74, 6) is 0.144. The standard InChI is InChI=1S/C20H24F2N2/c21-17-7-5-15(6-8-17)14-24-11-9-16(10-12-24)19(13-23)18-3-1-2-4-20(18)22/h1-8,16,19H,9-14,23H2. The number of nitrogens with two attached hydrogens (primary N) is 1. The molecule has 1 aliphatic rings. The van der Waals surface area contributed by atoms with Crippen LogP contribution in [0.4, 0.5) is 8.78 Å². The van der Waals surface area contributed by atoms with E-state index in [9.17, 15) is 8.78 Å². The Morgan fingerprint density at radius 3 is 2.29 bits per heavy atom. The van der Waals surface area contributed by atoms with Gasteiger partial charge in [-0.25, -0.2) is 8.78 Å². The van der Waals surface area contributed by atoms with Crippen molar-refractivity contribution in [1.29, 1.82) is 0 Å². The van der Waals surface area contributed by atoms with Gasteiger partial charge in [0.2, 0.25) is 0 Å². The van der Waals surface area contributed by atoms with Crippen molar-refractivity contribution in [2.75, 3.05) is 19.6 Å². The van der Waals surface area contributed by atoms with Crippen molar-refractivity contribution in [3.8, 4) is 0 Å². The van der Waals surface area contributed by atoms with E-state index in [4.69, 9.17) is 5.73 Å². The van der Waals surface area contributed by atoms with Crippen LogP contribution < -0.4 is 5.73 Å². The maximum atomic E-state index is 14.1. The first-order valence-corrected chi connectivity index (χ1v) is 8.58. The van der Waals surface area contributed by atoms with E-state index in [0.717, 1.165) is 43.6 Å². The SMILES string of the molecule is NCC(c1ccccc1F)C1CCN(Cc2ccc(F)cc2)CC1. The zero-order chi connectivity index (χ0) is 16.9. The molecule has 0 aliphatic carbocycles. The number of halogens is 2. The minimum Gasteiger partial charge on any atom is -0.330 e. The Kier molecular flexibility index (Phi) is 5.59. The molecule has 0 aromatic heterocycles. The summed E-state index contributed by atoms with van der Waals surface area (Å²) in [5.41, 5.74) is 7.83. The number of hydrogen-bond donors (Lipinski definition) is 1. The summed E-state index contributed by atoms with van der Waals surface area (Å²) in [6.07, 6.45) is 2.02. The average molecular weight is 330 g/mol. The van der Waals surface area contributed by atoms with Gasteiger partial charge in [-0.3, -0.25) is 4.90 Å². The highest BCUT2D eigenvalue weighted by Crippen LogP contribution is 2.33. The lowest BCUT2D eigenvalue weighted by atomic mass is 9.80. The van der Waals surface area contributed by atoms with Crippen molar-refractivity contribution in [3.63, 3.8) is 0 Å². The minimum absolute atomic E-state index is 0.0826. The van der Waals surface area contributed by atoms with E-state index >= 15 is 0 Å². The monoisotopic (exact) mass is 330 g/mol. The van der Waals surface area contributed by atoms with Gasteiger partial charge in [-0.05, 0) is 67.7 Å². The normalized spacial score (nSPS) is 17.8. The lowest BCUT2D eigenvalue weighted by Crippen LogP contribution is -2.37. The molecule has 0 bridgehead atoms. The van der Waals surface area contributed by atoms with Crippen LogP contribution >= 0.6 is 0 Å². The van der Waals surface area contributed by atoms with Crippen molar-refractivity contribution >= 4 is 0 Å². The van der Waals surface area contributed by atoms with Crippen molar-refractivity contribution < 1.29 is 8.78 Å². The summed E-state index contributed by atoms with van der Waals surface area (Å²) in [4.78, 5) is 2.37. The highest BCUT2D eigenvalue weighted by Gasteiger charge is 2.28. The fourth-order valence-electron chi connectivity index (χ4n) is 3.71. The fourth-order valence-corrected chi connectivity index (χ4v) is 3.71. The van der Waals surface area contributed by atoms with Gasteiger partial charge < -0.3 is 5.73 Å². The van der Waals surface area contributed by atoms with Gasteiger partial charge in [0.25, 0.3) is 0 Å². The highest BCUT2D eigenvalue weighted by atomic mass is 19.1. The molecule has 1 fully saturated rings. The molecule has 1 unspecified atom stereocenters. The molecule has 0 saturated carbocycles. The van der Waals surface area contributed by atoms with Crippen LogP contribution in [0.1, 0.15) is 29.9 Å². The van der Waals surface area contributed by atoms with Gasteiger partial charge in [0.15, 0.2) is 0 Å². The van der Waals surface area contributed by atoms with E-state index in [2.05, 4.69) is 4.90 Å². The van der Waals surface area contributed by atoms with Crippen LogP contribution in [-0.2, 0) is 6.54 Å². The molecule has 2 aromatic rings. The van der Waals surface area contributed by atoms with Gasteiger partial charge >= 0.3 is 0 Å². The second-order valence-electron chi connectivity index (χ2n) is 6.60. The van der Waals surface area contributed by atoms with Crippen LogP contribution in [0.15, 0.2) is 48.5 Å². The third-order valence-electron chi connectivity index (χ3n) is 5.08. The predicted molar refractivity (Wildman–Crippen MR) is 92.6 cm³/mol. The van der Waals surface area contributed by atoms with Crippen molar-refractivity contribution in [2.45, 2.75) is 25.3 Å². The predicted octanol–water partition coefficient (Wildman–Crippen LogP) is 3.92. The molecule has 128 valence electrons. The van der Waals surface area contributed by atoms with E-state index in [-0.39, 0.29) is 17.6 Å². The first kappa shape index (κ1) is 17.1. The lowest BCUT2D eigenvalue weighted by molar-refractivity contribution is 0.162. The van der Waals surface area contributed by atoms with Gasteiger partial charge in [-0.2, -0.15) is 0 Å². The van der Waals surface area contributed by atoms with E-state index in [1.165, 1.54) is 18.2 Å². The Labute approximate surface area is 142 Å². The molecule has 2 aromatic carbocycles. The average Bonchev–Trinajstić information content (AvgIpc) is 2.61. The Balaban J connectivity index is 1.59. The second-order valence-corrected chi connectivity index (χ2v) is 6.60. The van der Waals surface area contributed by atoms with Crippen LogP contribution in [0.5, 0.6) is 0 Å². The topological polar surface area (TPSA) is 29.3 Å². The van der Waals surface area contributed by atoms with Crippen LogP contribution in [-0.4, -0.2) is 24.5 Å². The molecule has 1 atom stereocenters. The quantitative estimate of drug-likeness (QED) is 0.900. The van der Waals surface area contributed by atoms with Gasteiger partial charge in [0, 0.05) is 12.5 Å². The van der Waals surface area contributed by atoms with Crippen LogP contribution in [0.3, 0.4) is 0 Å². The van der Waals surface area contributed by atoms with Crippen LogP contribution in [0.2, 0.25) is 0 Å². The number of nitrogens with zero attached hydrogens (tertiary/aromatic N) is 1. The first-order chi connectivity index (χ1) is 11.7. The molecule has 4 heteroatoms. The maximum absolute atomic E-state index is 14.1. The van der Waals surface area contributed by atoms with E-state index < -0.39 is 0 Å². The second kappa shape index (κ2) is 7.86. The maximum Gasteiger partial charge on any atom is 0.126 e. The molecule has 2 N–H and O–H groups in total. The third kappa shape index (κ3) is 4.00. The van der Waals surface area contributed by atoms with Crippen molar-refractivity contribution in [2.24, 2.45) is 11.7 Å². The van der Waals surface area contributed by atoms with Crippen molar-refractivity contribution in [3.05, 3.63) is 71.3 Å². The molecule has 2 nitrogen and oxygen atoms in total. The highest BCUT2D eigenvalue weighted by molar-refractivity contribution is 5.23. The number of piperidine rings is 1. The van der Waals surface area contributed by atoms with Crippen LogP contribution in [0, 0.1) is 17.6 Å². The Bertz CT molecular complexity index is 649. The largest absolute Gasteiger partial charge is 0.330 e. The fraction of sp³-hybridized carbons (Fsp3) is 0.400. The summed E-state index contributed by atoms with van der Waals surface area (Å²) in [7, 11) is 0.